The van der Waals surface area contributed by atoms with Gasteiger partial charge in [0.25, 0.3) is 5.56 Å². The molecule has 0 spiro atoms. The molecule has 1 saturated heterocycles. The number of aryl methyl sites for hydroxylation is 1. The van der Waals surface area contributed by atoms with Crippen LogP contribution in [0.1, 0.15) is 0 Å². The third kappa shape index (κ3) is 1.74. The van der Waals surface area contributed by atoms with E-state index in [9.17, 15) is 4.79 Å². The quantitative estimate of drug-likeness (QED) is 0.717. The standard InChI is InChI=1S/C12H14N4O2/c1-15-11-9(7-13-8-14-11)6-10(12(15)17)16-2-4-18-5-3-16/h6-8H,2-5H2,1H3. The van der Waals surface area contributed by atoms with E-state index in [0.29, 0.717) is 24.5 Å². The zero-order valence-corrected chi connectivity index (χ0v) is 10.2. The number of ether oxygens (including phenoxy) is 1. The van der Waals surface area contributed by atoms with Gasteiger partial charge in [-0.05, 0) is 6.07 Å². The zero-order chi connectivity index (χ0) is 12.5. The topological polar surface area (TPSA) is 60.2 Å². The van der Waals surface area contributed by atoms with Crippen LogP contribution >= 0.6 is 0 Å². The van der Waals surface area contributed by atoms with E-state index in [1.165, 1.54) is 6.33 Å². The highest BCUT2D eigenvalue weighted by Gasteiger charge is 2.16. The van der Waals surface area contributed by atoms with Crippen molar-refractivity contribution in [3.8, 4) is 0 Å². The van der Waals surface area contributed by atoms with Gasteiger partial charge in [-0.3, -0.25) is 9.36 Å². The number of aromatic nitrogens is 3. The second-order valence-corrected chi connectivity index (χ2v) is 4.29. The number of hydrogen-bond acceptors (Lipinski definition) is 5. The minimum absolute atomic E-state index is 0.0249. The van der Waals surface area contributed by atoms with Crippen LogP contribution in [0.2, 0.25) is 0 Å². The molecule has 94 valence electrons. The molecule has 0 atom stereocenters. The van der Waals surface area contributed by atoms with Crippen molar-refractivity contribution in [1.82, 2.24) is 14.5 Å². The van der Waals surface area contributed by atoms with E-state index >= 15 is 0 Å². The molecule has 1 aliphatic heterocycles. The number of pyridine rings is 1. The third-order valence-corrected chi connectivity index (χ3v) is 3.20. The Labute approximate surface area is 104 Å². The van der Waals surface area contributed by atoms with Crippen LogP contribution < -0.4 is 10.5 Å². The fraction of sp³-hybridized carbons (Fsp3) is 0.417. The van der Waals surface area contributed by atoms with Crippen molar-refractivity contribution in [2.45, 2.75) is 0 Å². The lowest BCUT2D eigenvalue weighted by atomic mass is 10.2. The maximum absolute atomic E-state index is 12.3. The molecule has 6 heteroatoms. The minimum atomic E-state index is -0.0249. The number of anilines is 1. The summed E-state index contributed by atoms with van der Waals surface area (Å²) in [5.41, 5.74) is 1.33. The molecule has 0 saturated carbocycles. The van der Waals surface area contributed by atoms with Crippen molar-refractivity contribution in [3.05, 3.63) is 28.9 Å². The largest absolute Gasteiger partial charge is 0.378 e. The van der Waals surface area contributed by atoms with E-state index in [0.717, 1.165) is 18.5 Å². The molecule has 6 nitrogen and oxygen atoms in total. The van der Waals surface area contributed by atoms with Gasteiger partial charge < -0.3 is 9.64 Å². The lowest BCUT2D eigenvalue weighted by Crippen LogP contribution is -2.40. The average molecular weight is 246 g/mol. The van der Waals surface area contributed by atoms with E-state index in [1.807, 2.05) is 6.07 Å². The van der Waals surface area contributed by atoms with E-state index in [-0.39, 0.29) is 5.56 Å². The molecule has 0 bridgehead atoms. The van der Waals surface area contributed by atoms with Crippen LogP contribution in [0, 0.1) is 0 Å². The number of nitrogens with zero attached hydrogens (tertiary/aromatic N) is 4. The van der Waals surface area contributed by atoms with Crippen molar-refractivity contribution < 1.29 is 4.74 Å². The Morgan fingerprint density at radius 3 is 2.89 bits per heavy atom. The first-order chi connectivity index (χ1) is 8.77. The van der Waals surface area contributed by atoms with Crippen LogP contribution in [0.15, 0.2) is 23.4 Å². The van der Waals surface area contributed by atoms with Gasteiger partial charge in [0.2, 0.25) is 0 Å². The fourth-order valence-corrected chi connectivity index (χ4v) is 2.22. The average Bonchev–Trinajstić information content (AvgIpc) is 2.44. The number of morpholine rings is 1. The van der Waals surface area contributed by atoms with Gasteiger partial charge in [-0.25, -0.2) is 9.97 Å². The molecule has 0 radical (unpaired) electrons. The van der Waals surface area contributed by atoms with E-state index in [4.69, 9.17) is 4.74 Å². The Morgan fingerprint density at radius 1 is 1.33 bits per heavy atom. The summed E-state index contributed by atoms with van der Waals surface area (Å²) in [7, 11) is 1.74. The molecular formula is C12H14N4O2. The first-order valence-electron chi connectivity index (χ1n) is 5.90. The minimum Gasteiger partial charge on any atom is -0.378 e. The number of hydrogen-bond donors (Lipinski definition) is 0. The van der Waals surface area contributed by atoms with Crippen molar-refractivity contribution >= 4 is 16.7 Å². The van der Waals surface area contributed by atoms with Crippen LogP contribution in [0.5, 0.6) is 0 Å². The van der Waals surface area contributed by atoms with Gasteiger partial charge in [-0.15, -0.1) is 0 Å². The third-order valence-electron chi connectivity index (χ3n) is 3.20. The highest BCUT2D eigenvalue weighted by Crippen LogP contribution is 2.16. The second kappa shape index (κ2) is 4.38. The van der Waals surface area contributed by atoms with Crippen LogP contribution in [0.25, 0.3) is 11.0 Å². The first kappa shape index (κ1) is 11.2. The number of rotatable bonds is 1. The highest BCUT2D eigenvalue weighted by molar-refractivity contribution is 5.78. The van der Waals surface area contributed by atoms with Gasteiger partial charge in [-0.2, -0.15) is 0 Å². The highest BCUT2D eigenvalue weighted by atomic mass is 16.5. The second-order valence-electron chi connectivity index (χ2n) is 4.29. The first-order valence-corrected chi connectivity index (χ1v) is 5.90. The molecule has 1 aliphatic rings. The van der Waals surface area contributed by atoms with Gasteiger partial charge in [0.15, 0.2) is 0 Å². The molecule has 18 heavy (non-hydrogen) atoms. The van der Waals surface area contributed by atoms with Crippen LogP contribution in [-0.4, -0.2) is 40.8 Å². The lowest BCUT2D eigenvalue weighted by Gasteiger charge is -2.28. The summed E-state index contributed by atoms with van der Waals surface area (Å²) in [5.74, 6) is 0. The molecule has 2 aromatic rings. The summed E-state index contributed by atoms with van der Waals surface area (Å²) < 4.78 is 6.87. The SMILES string of the molecule is Cn1c(=O)c(N2CCOCC2)cc2cncnc21. The Bertz CT molecular complexity index is 632. The summed E-state index contributed by atoms with van der Waals surface area (Å²) in [4.78, 5) is 22.5. The van der Waals surface area contributed by atoms with Gasteiger partial charge in [0.05, 0.1) is 13.2 Å². The van der Waals surface area contributed by atoms with Gasteiger partial charge in [0, 0.05) is 31.7 Å². The lowest BCUT2D eigenvalue weighted by molar-refractivity contribution is 0.122. The normalized spacial score (nSPS) is 16.2. The van der Waals surface area contributed by atoms with Crippen molar-refractivity contribution in [1.29, 1.82) is 0 Å². The Kier molecular flexibility index (Phi) is 2.71. The number of fused-ring (bicyclic) bond motifs is 1. The van der Waals surface area contributed by atoms with E-state index in [2.05, 4.69) is 14.9 Å². The summed E-state index contributed by atoms with van der Waals surface area (Å²) >= 11 is 0. The maximum Gasteiger partial charge on any atom is 0.275 e. The molecule has 2 aromatic heterocycles. The van der Waals surface area contributed by atoms with Crippen LogP contribution in [0.4, 0.5) is 5.69 Å². The smallest absolute Gasteiger partial charge is 0.275 e. The Balaban J connectivity index is 2.17. The predicted octanol–water partition coefficient (Wildman–Crippen LogP) is 0.165. The summed E-state index contributed by atoms with van der Waals surface area (Å²) in [6.45, 7) is 2.81. The van der Waals surface area contributed by atoms with Crippen molar-refractivity contribution in [3.63, 3.8) is 0 Å². The van der Waals surface area contributed by atoms with Gasteiger partial charge in [-0.1, -0.05) is 0 Å². The summed E-state index contributed by atoms with van der Waals surface area (Å²) in [6.07, 6.45) is 3.18. The zero-order valence-electron chi connectivity index (χ0n) is 10.2. The van der Waals surface area contributed by atoms with Crippen LogP contribution in [0.3, 0.4) is 0 Å². The summed E-state index contributed by atoms with van der Waals surface area (Å²) in [6, 6.07) is 1.86. The molecule has 0 aliphatic carbocycles. The van der Waals surface area contributed by atoms with E-state index < -0.39 is 0 Å². The molecular weight excluding hydrogens is 232 g/mol. The van der Waals surface area contributed by atoms with Gasteiger partial charge >= 0.3 is 0 Å². The predicted molar refractivity (Wildman–Crippen MR) is 67.8 cm³/mol. The Hall–Kier alpha value is -1.95. The van der Waals surface area contributed by atoms with Crippen LogP contribution in [-0.2, 0) is 11.8 Å². The monoisotopic (exact) mass is 246 g/mol. The molecule has 3 heterocycles. The molecule has 0 unspecified atom stereocenters. The maximum atomic E-state index is 12.3. The molecule has 3 rings (SSSR count). The fourth-order valence-electron chi connectivity index (χ4n) is 2.22. The molecule has 0 N–H and O–H groups in total. The van der Waals surface area contributed by atoms with Crippen molar-refractivity contribution in [2.24, 2.45) is 7.05 Å². The molecule has 1 fully saturated rings. The molecule has 0 aromatic carbocycles. The summed E-state index contributed by atoms with van der Waals surface area (Å²) in [5, 5.41) is 0.876. The Morgan fingerprint density at radius 2 is 2.11 bits per heavy atom. The van der Waals surface area contributed by atoms with Crippen molar-refractivity contribution in [2.75, 3.05) is 31.2 Å². The molecule has 0 amide bonds. The van der Waals surface area contributed by atoms with E-state index in [1.54, 1.807) is 17.8 Å². The van der Waals surface area contributed by atoms with Gasteiger partial charge in [0.1, 0.15) is 17.7 Å².